The van der Waals surface area contributed by atoms with Crippen LogP contribution in [0, 0.1) is 0 Å². The van der Waals surface area contributed by atoms with E-state index in [0.717, 1.165) is 0 Å². The average molecular weight is 129 g/mol. The predicted molar refractivity (Wildman–Crippen MR) is 40.9 cm³/mol. The molecule has 0 aromatic heterocycles. The van der Waals surface area contributed by atoms with Crippen molar-refractivity contribution in [1.82, 2.24) is 4.98 Å². The Kier molecular flexibility index (Phi) is 1.14. The Bertz CT molecular complexity index is 276. The molecule has 0 spiro atoms. The minimum Gasteiger partial charge on any atom is -0.263 e. The minimum absolute atomic E-state index is 1.20. The molecule has 0 saturated carbocycles. The van der Waals surface area contributed by atoms with Gasteiger partial charge in [-0.2, -0.15) is 0 Å². The first-order valence-corrected chi connectivity index (χ1v) is 3.25. The molecule has 2 aliphatic rings. The first-order valence-electron chi connectivity index (χ1n) is 3.25. The van der Waals surface area contributed by atoms with Crippen molar-refractivity contribution >= 4 is 0 Å². The molecule has 1 aliphatic carbocycles. The topological polar surface area (TPSA) is 12.9 Å². The Balaban J connectivity index is 2.74. The molecule has 10 heavy (non-hydrogen) atoms. The van der Waals surface area contributed by atoms with E-state index in [9.17, 15) is 0 Å². The summed E-state index contributed by atoms with van der Waals surface area (Å²) in [6.07, 6.45) is 3.74. The molecule has 0 atom stereocenters. The zero-order chi connectivity index (χ0) is 6.81. The van der Waals surface area contributed by atoms with E-state index in [0.29, 0.717) is 0 Å². The minimum atomic E-state index is 1.20. The second kappa shape index (κ2) is 2.10. The summed E-state index contributed by atoms with van der Waals surface area (Å²) in [7, 11) is 0. The van der Waals surface area contributed by atoms with Gasteiger partial charge in [0.2, 0.25) is 0 Å². The fraction of sp³-hybridized carbons (Fsp3) is 0. The van der Waals surface area contributed by atoms with E-state index in [1.54, 1.807) is 0 Å². The molecule has 0 radical (unpaired) electrons. The zero-order valence-electron chi connectivity index (χ0n) is 5.49. The van der Waals surface area contributed by atoms with Gasteiger partial charge in [0.25, 0.3) is 0 Å². The Morgan fingerprint density at radius 2 is 1.40 bits per heavy atom. The van der Waals surface area contributed by atoms with Crippen LogP contribution in [0.3, 0.4) is 0 Å². The number of aromatic nitrogens is 1. The second-order valence-corrected chi connectivity index (χ2v) is 2.23. The number of rotatable bonds is 0. The Morgan fingerprint density at radius 1 is 0.800 bits per heavy atom. The maximum atomic E-state index is 4.03. The molecule has 1 heteroatoms. The third-order valence-corrected chi connectivity index (χ3v) is 1.53. The summed E-state index contributed by atoms with van der Waals surface area (Å²) >= 11 is 0. The fourth-order valence-corrected chi connectivity index (χ4v) is 1.01. The first kappa shape index (κ1) is 5.42. The highest BCUT2D eigenvalue weighted by Crippen LogP contribution is 2.17. The molecular formula is C9H7N. The summed E-state index contributed by atoms with van der Waals surface area (Å²) < 4.78 is 0. The van der Waals surface area contributed by atoms with Crippen molar-refractivity contribution in [1.29, 1.82) is 0 Å². The van der Waals surface area contributed by atoms with Crippen LogP contribution >= 0.6 is 0 Å². The average Bonchev–Trinajstić information content (AvgIpc) is 2.28. The van der Waals surface area contributed by atoms with Crippen molar-refractivity contribution in [3.05, 3.63) is 42.7 Å². The molecule has 0 N–H and O–H groups in total. The van der Waals surface area contributed by atoms with Gasteiger partial charge in [-0.3, -0.25) is 4.98 Å². The molecule has 1 nitrogen and oxygen atoms in total. The molecule has 0 unspecified atom stereocenters. The normalized spacial score (nSPS) is 10.0. The third kappa shape index (κ3) is 0.760. The summed E-state index contributed by atoms with van der Waals surface area (Å²) in [5, 5.41) is 0. The Morgan fingerprint density at radius 3 is 2.00 bits per heavy atom. The van der Waals surface area contributed by atoms with Crippen LogP contribution in [0.15, 0.2) is 42.7 Å². The number of hydrogen-bond acceptors (Lipinski definition) is 1. The third-order valence-electron chi connectivity index (χ3n) is 1.53. The quantitative estimate of drug-likeness (QED) is 0.531. The molecular weight excluding hydrogens is 122 g/mol. The van der Waals surface area contributed by atoms with Crippen molar-refractivity contribution in [3.63, 3.8) is 0 Å². The number of fused-ring (bicyclic) bond motifs is 1. The van der Waals surface area contributed by atoms with Crippen LogP contribution in [-0.4, -0.2) is 4.98 Å². The standard InChI is InChI=1S/C9H7N/c1-2-4-8-6-10-7-9(8)5-3-1/h1-7H. The maximum absolute atomic E-state index is 4.03. The van der Waals surface area contributed by atoms with Gasteiger partial charge < -0.3 is 0 Å². The van der Waals surface area contributed by atoms with Crippen molar-refractivity contribution in [3.8, 4) is 11.1 Å². The van der Waals surface area contributed by atoms with E-state index in [1.807, 2.05) is 30.6 Å². The van der Waals surface area contributed by atoms with Gasteiger partial charge in [0.15, 0.2) is 0 Å². The summed E-state index contributed by atoms with van der Waals surface area (Å²) in [6, 6.07) is 10.2. The predicted octanol–water partition coefficient (Wildman–Crippen LogP) is 2.19. The van der Waals surface area contributed by atoms with Gasteiger partial charge in [-0.1, -0.05) is 30.3 Å². The van der Waals surface area contributed by atoms with Crippen molar-refractivity contribution in [2.45, 2.75) is 0 Å². The summed E-state index contributed by atoms with van der Waals surface area (Å²) in [5.74, 6) is 0. The molecule has 1 heterocycles. The molecule has 0 aromatic rings. The lowest BCUT2D eigenvalue weighted by molar-refractivity contribution is 1.42. The maximum Gasteiger partial charge on any atom is 0.0347 e. The van der Waals surface area contributed by atoms with Crippen LogP contribution in [-0.2, 0) is 0 Å². The van der Waals surface area contributed by atoms with E-state index < -0.39 is 0 Å². The van der Waals surface area contributed by atoms with Gasteiger partial charge in [-0.05, 0) is 0 Å². The summed E-state index contributed by atoms with van der Waals surface area (Å²) in [6.45, 7) is 0. The van der Waals surface area contributed by atoms with Crippen LogP contribution in [0.25, 0.3) is 11.1 Å². The van der Waals surface area contributed by atoms with E-state index in [2.05, 4.69) is 17.1 Å². The Hall–Kier alpha value is -1.37. The van der Waals surface area contributed by atoms with Gasteiger partial charge in [-0.15, -0.1) is 0 Å². The van der Waals surface area contributed by atoms with Gasteiger partial charge in [-0.25, -0.2) is 0 Å². The van der Waals surface area contributed by atoms with Crippen LogP contribution in [0.1, 0.15) is 0 Å². The van der Waals surface area contributed by atoms with Gasteiger partial charge in [0.1, 0.15) is 0 Å². The lowest BCUT2D eigenvalue weighted by atomic mass is 10.2. The summed E-state index contributed by atoms with van der Waals surface area (Å²) in [4.78, 5) is 4.03. The molecule has 0 fully saturated rings. The van der Waals surface area contributed by atoms with Crippen molar-refractivity contribution in [2.75, 3.05) is 0 Å². The molecule has 0 saturated heterocycles. The van der Waals surface area contributed by atoms with E-state index in [-0.39, 0.29) is 0 Å². The van der Waals surface area contributed by atoms with E-state index in [1.165, 1.54) is 11.1 Å². The number of nitrogens with zero attached hydrogens (tertiary/aromatic N) is 1. The van der Waals surface area contributed by atoms with Gasteiger partial charge in [0, 0.05) is 23.5 Å². The van der Waals surface area contributed by atoms with Gasteiger partial charge >= 0.3 is 0 Å². The highest BCUT2D eigenvalue weighted by molar-refractivity contribution is 5.62. The lowest BCUT2D eigenvalue weighted by Gasteiger charge is -1.83. The smallest absolute Gasteiger partial charge is 0.0347 e. The SMILES string of the molecule is c1ccc2cncc-2cc1. The highest BCUT2D eigenvalue weighted by atomic mass is 14.6. The van der Waals surface area contributed by atoms with Crippen molar-refractivity contribution < 1.29 is 0 Å². The second-order valence-electron chi connectivity index (χ2n) is 2.23. The first-order chi connectivity index (χ1) is 4.97. The van der Waals surface area contributed by atoms with E-state index in [4.69, 9.17) is 0 Å². The summed E-state index contributed by atoms with van der Waals surface area (Å²) in [5.41, 5.74) is 2.40. The highest BCUT2D eigenvalue weighted by Gasteiger charge is 1.96. The zero-order valence-corrected chi connectivity index (χ0v) is 5.49. The van der Waals surface area contributed by atoms with E-state index >= 15 is 0 Å². The van der Waals surface area contributed by atoms with Crippen LogP contribution < -0.4 is 0 Å². The van der Waals surface area contributed by atoms with Crippen LogP contribution in [0.5, 0.6) is 0 Å². The van der Waals surface area contributed by atoms with Crippen LogP contribution in [0.4, 0.5) is 0 Å². The monoisotopic (exact) mass is 129 g/mol. The Labute approximate surface area is 59.7 Å². The molecule has 2 rings (SSSR count). The molecule has 48 valence electrons. The molecule has 0 amide bonds. The molecule has 0 aromatic carbocycles. The fourth-order valence-electron chi connectivity index (χ4n) is 1.01. The van der Waals surface area contributed by atoms with Crippen molar-refractivity contribution in [2.24, 2.45) is 0 Å². The molecule has 1 aliphatic heterocycles. The van der Waals surface area contributed by atoms with Crippen LogP contribution in [0.2, 0.25) is 0 Å². The van der Waals surface area contributed by atoms with Gasteiger partial charge in [0.05, 0.1) is 0 Å². The number of hydrogen-bond donors (Lipinski definition) is 0. The largest absolute Gasteiger partial charge is 0.263 e. The lowest BCUT2D eigenvalue weighted by Crippen LogP contribution is -1.59. The molecule has 0 bridgehead atoms.